The third-order valence-electron chi connectivity index (χ3n) is 7.46. The smallest absolute Gasteiger partial charge is 0.472 e. The molecule has 0 bridgehead atoms. The van der Waals surface area contributed by atoms with Crippen molar-refractivity contribution >= 4 is 25.7 Å². The minimum absolute atomic E-state index is 0.135. The molecule has 0 saturated heterocycles. The number of hydrogen-bond donors (Lipinski definition) is 4. The van der Waals surface area contributed by atoms with Crippen molar-refractivity contribution in [3.63, 3.8) is 0 Å². The molecule has 0 aliphatic rings. The second kappa shape index (κ2) is 31.2. The van der Waals surface area contributed by atoms with Crippen molar-refractivity contribution in [1.82, 2.24) is 5.32 Å². The van der Waals surface area contributed by atoms with Gasteiger partial charge >= 0.3 is 19.8 Å². The number of amides is 1. The summed E-state index contributed by atoms with van der Waals surface area (Å²) in [6, 6.07) is -1.55. The van der Waals surface area contributed by atoms with Crippen LogP contribution in [-0.4, -0.2) is 64.9 Å². The Bertz CT molecular complexity index is 911. The lowest BCUT2D eigenvalue weighted by molar-refractivity contribution is -0.147. The topological polar surface area (TPSA) is 169 Å². The molecule has 4 N–H and O–H groups in total. The Morgan fingerprint density at radius 1 is 0.660 bits per heavy atom. The Morgan fingerprint density at radius 3 is 1.68 bits per heavy atom. The number of allylic oxidation sites excluding steroid dienone is 4. The molecule has 0 saturated carbocycles. The molecule has 0 aromatic carbocycles. The van der Waals surface area contributed by atoms with Crippen LogP contribution in [-0.2, 0) is 32.7 Å². The van der Waals surface area contributed by atoms with Crippen molar-refractivity contribution < 1.29 is 47.8 Å². The van der Waals surface area contributed by atoms with Gasteiger partial charge in [0.15, 0.2) is 6.04 Å². The number of phosphoric acid groups is 1. The number of hydrogen-bond acceptors (Lipinski definition) is 8. The van der Waals surface area contributed by atoms with Gasteiger partial charge in [0.1, 0.15) is 12.7 Å². The van der Waals surface area contributed by atoms with Gasteiger partial charge in [-0.05, 0) is 57.8 Å². The number of nitrogens with one attached hydrogen (secondary N) is 1. The first-order valence-electron chi connectivity index (χ1n) is 17.9. The molecule has 3 unspecified atom stereocenters. The number of phosphoric ester groups is 1. The van der Waals surface area contributed by atoms with Crippen molar-refractivity contribution in [2.75, 3.05) is 19.8 Å². The number of carbonyl (C=O) groups excluding carboxylic acids is 2. The number of carbonyl (C=O) groups is 3. The number of rotatable bonds is 33. The standard InChI is InChI=1S/C35H64NO10P/c1-3-5-7-9-11-13-15-17-19-21-23-25-27-34(39)44-28-31(37)29-45-47(42,43)46-30-32(35(40)41)36-33(38)26-24-22-20-18-16-14-12-10-8-6-4-2/h10-13,31-32,37H,3-9,14-30H2,1-2H3,(H,36,38)(H,40,41)(H,42,43)/b12-10-,13-11-. The normalized spacial score (nSPS) is 14.3. The first-order chi connectivity index (χ1) is 22.6. The van der Waals surface area contributed by atoms with E-state index in [1.54, 1.807) is 0 Å². The van der Waals surface area contributed by atoms with Crippen LogP contribution in [0.1, 0.15) is 149 Å². The third-order valence-corrected chi connectivity index (χ3v) is 8.41. The first kappa shape index (κ1) is 45.0. The maximum Gasteiger partial charge on any atom is 0.472 e. The van der Waals surface area contributed by atoms with E-state index >= 15 is 0 Å². The Balaban J connectivity index is 4.02. The number of esters is 1. The van der Waals surface area contributed by atoms with E-state index in [0.29, 0.717) is 12.8 Å². The number of carboxylic acid groups (broad SMARTS) is 1. The van der Waals surface area contributed by atoms with Gasteiger partial charge in [0.05, 0.1) is 13.2 Å². The van der Waals surface area contributed by atoms with E-state index in [-0.39, 0.29) is 12.8 Å². The summed E-state index contributed by atoms with van der Waals surface area (Å²) < 4.78 is 26.6. The molecule has 0 fully saturated rings. The summed E-state index contributed by atoms with van der Waals surface area (Å²) in [7, 11) is -4.75. The van der Waals surface area contributed by atoms with Gasteiger partial charge in [-0.25, -0.2) is 9.36 Å². The van der Waals surface area contributed by atoms with Gasteiger partial charge in [-0.2, -0.15) is 0 Å². The van der Waals surface area contributed by atoms with Crippen molar-refractivity contribution in [3.05, 3.63) is 24.3 Å². The SMILES string of the molecule is CCCC/C=C\CCCCCCCC(=O)NC(COP(=O)(O)OCC(O)COC(=O)CCCCCCC/C=C\CCCCC)C(=O)O. The lowest BCUT2D eigenvalue weighted by atomic mass is 10.1. The van der Waals surface area contributed by atoms with E-state index in [0.717, 1.165) is 77.0 Å². The number of ether oxygens (including phenoxy) is 1. The maximum absolute atomic E-state index is 12.2. The fourth-order valence-corrected chi connectivity index (χ4v) is 5.35. The second-order valence-electron chi connectivity index (χ2n) is 12.0. The molecule has 0 aromatic heterocycles. The predicted molar refractivity (Wildman–Crippen MR) is 185 cm³/mol. The van der Waals surface area contributed by atoms with E-state index < -0.39 is 57.6 Å². The van der Waals surface area contributed by atoms with Crippen molar-refractivity contribution in [2.45, 2.75) is 161 Å². The summed E-state index contributed by atoms with van der Waals surface area (Å²) in [6.07, 6.45) is 27.9. The summed E-state index contributed by atoms with van der Waals surface area (Å²) in [6.45, 7) is 2.47. The van der Waals surface area contributed by atoms with Gasteiger partial charge in [0, 0.05) is 12.8 Å². The lowest BCUT2D eigenvalue weighted by Gasteiger charge is -2.18. The number of aliphatic carboxylic acids is 1. The van der Waals surface area contributed by atoms with Crippen LogP contribution in [0.5, 0.6) is 0 Å². The van der Waals surface area contributed by atoms with Crippen LogP contribution < -0.4 is 5.32 Å². The molecule has 0 heterocycles. The summed E-state index contributed by atoms with van der Waals surface area (Å²) in [5.41, 5.74) is 0. The van der Waals surface area contributed by atoms with Crippen LogP contribution in [0.25, 0.3) is 0 Å². The molecule has 274 valence electrons. The molecular weight excluding hydrogens is 625 g/mol. The number of unbranched alkanes of at least 4 members (excludes halogenated alkanes) is 15. The van der Waals surface area contributed by atoms with Gasteiger partial charge in [0.2, 0.25) is 5.91 Å². The summed E-state index contributed by atoms with van der Waals surface area (Å²) in [4.78, 5) is 45.5. The summed E-state index contributed by atoms with van der Waals surface area (Å²) in [5.74, 6) is -2.40. The first-order valence-corrected chi connectivity index (χ1v) is 19.4. The molecule has 47 heavy (non-hydrogen) atoms. The lowest BCUT2D eigenvalue weighted by Crippen LogP contribution is -2.43. The molecule has 1 amide bonds. The fraction of sp³-hybridized carbons (Fsp3) is 0.800. The number of carboxylic acids is 1. The largest absolute Gasteiger partial charge is 0.480 e. The van der Waals surface area contributed by atoms with E-state index in [4.69, 9.17) is 13.8 Å². The maximum atomic E-state index is 12.2. The quantitative estimate of drug-likeness (QED) is 0.0230. The molecular formula is C35H64NO10P. The zero-order valence-corrected chi connectivity index (χ0v) is 30.0. The van der Waals surface area contributed by atoms with Gasteiger partial charge in [0.25, 0.3) is 0 Å². The molecule has 0 aromatic rings. The van der Waals surface area contributed by atoms with Gasteiger partial charge < -0.3 is 25.2 Å². The monoisotopic (exact) mass is 689 g/mol. The number of aliphatic hydroxyl groups is 1. The molecule has 12 heteroatoms. The molecule has 11 nitrogen and oxygen atoms in total. The number of aliphatic hydroxyl groups excluding tert-OH is 1. The average Bonchev–Trinajstić information content (AvgIpc) is 3.04. The molecule has 0 radical (unpaired) electrons. The zero-order chi connectivity index (χ0) is 35.0. The van der Waals surface area contributed by atoms with E-state index in [1.165, 1.54) is 32.1 Å². The van der Waals surface area contributed by atoms with Crippen LogP contribution in [0, 0.1) is 0 Å². The third kappa shape index (κ3) is 31.0. The highest BCUT2D eigenvalue weighted by Crippen LogP contribution is 2.43. The molecule has 0 rings (SSSR count). The van der Waals surface area contributed by atoms with Crippen molar-refractivity contribution in [2.24, 2.45) is 0 Å². The summed E-state index contributed by atoms with van der Waals surface area (Å²) in [5, 5.41) is 21.6. The van der Waals surface area contributed by atoms with E-state index in [2.05, 4.69) is 43.5 Å². The minimum Gasteiger partial charge on any atom is -0.480 e. The van der Waals surface area contributed by atoms with Crippen LogP contribution >= 0.6 is 7.82 Å². The second-order valence-corrected chi connectivity index (χ2v) is 13.5. The van der Waals surface area contributed by atoms with Crippen LogP contribution in [0.4, 0.5) is 0 Å². The minimum atomic E-state index is -4.75. The molecule has 0 aliphatic carbocycles. The molecule has 0 spiro atoms. The highest BCUT2D eigenvalue weighted by molar-refractivity contribution is 7.47. The molecule has 3 atom stereocenters. The van der Waals surface area contributed by atoms with Gasteiger partial charge in [-0.15, -0.1) is 0 Å². The van der Waals surface area contributed by atoms with Crippen LogP contribution in [0.2, 0.25) is 0 Å². The Hall–Kier alpha value is -2.04. The van der Waals surface area contributed by atoms with E-state index in [9.17, 15) is 34.1 Å². The average molecular weight is 690 g/mol. The van der Waals surface area contributed by atoms with Crippen molar-refractivity contribution in [3.8, 4) is 0 Å². The van der Waals surface area contributed by atoms with Crippen molar-refractivity contribution in [1.29, 1.82) is 0 Å². The van der Waals surface area contributed by atoms with Crippen LogP contribution in [0.3, 0.4) is 0 Å². The summed E-state index contributed by atoms with van der Waals surface area (Å²) >= 11 is 0. The highest BCUT2D eigenvalue weighted by atomic mass is 31.2. The van der Waals surface area contributed by atoms with Crippen LogP contribution in [0.15, 0.2) is 24.3 Å². The fourth-order valence-electron chi connectivity index (χ4n) is 4.58. The Kier molecular flexibility index (Phi) is 29.9. The highest BCUT2D eigenvalue weighted by Gasteiger charge is 2.28. The Morgan fingerprint density at radius 2 is 1.13 bits per heavy atom. The van der Waals surface area contributed by atoms with Gasteiger partial charge in [-0.1, -0.05) is 102 Å². The zero-order valence-electron chi connectivity index (χ0n) is 29.1. The Labute approximate surface area is 283 Å². The predicted octanol–water partition coefficient (Wildman–Crippen LogP) is 7.94. The van der Waals surface area contributed by atoms with E-state index in [1.807, 2.05) is 0 Å². The van der Waals surface area contributed by atoms with Gasteiger partial charge in [-0.3, -0.25) is 18.6 Å². The molecule has 0 aliphatic heterocycles.